The smallest absolute Gasteiger partial charge is 0.218 e. The van der Waals surface area contributed by atoms with E-state index >= 15 is 0 Å². The number of aliphatic hydroxyl groups excluding tert-OH is 1. The number of hydrogen-bond acceptors (Lipinski definition) is 6. The lowest BCUT2D eigenvalue weighted by Crippen LogP contribution is -2.50. The molecule has 0 aliphatic carbocycles. The van der Waals surface area contributed by atoms with Crippen LogP contribution in [0.25, 0.3) is 0 Å². The van der Waals surface area contributed by atoms with Crippen molar-refractivity contribution in [2.75, 3.05) is 0 Å². The molecule has 31 heavy (non-hydrogen) atoms. The Labute approximate surface area is 186 Å². The highest BCUT2D eigenvalue weighted by Gasteiger charge is 2.45. The van der Waals surface area contributed by atoms with E-state index in [1.165, 1.54) is 0 Å². The number of nitriles is 1. The maximum atomic E-state index is 11.1. The fourth-order valence-corrected chi connectivity index (χ4v) is 4.32. The van der Waals surface area contributed by atoms with Gasteiger partial charge in [0, 0.05) is 17.3 Å². The van der Waals surface area contributed by atoms with Crippen molar-refractivity contribution in [3.05, 3.63) is 52.7 Å². The summed E-state index contributed by atoms with van der Waals surface area (Å²) in [5.74, 6) is 1.07. The Hall–Kier alpha value is -2.40. The molecule has 0 saturated heterocycles. The SMILES string of the molecule is C[SiH](C)OCc1ccnc(O[C@H]2c3cc(C#N)ccc3OC(C)(C)[C@@H]2O)c1C(C)(C)C. The van der Waals surface area contributed by atoms with Crippen LogP contribution in [0.1, 0.15) is 63.0 Å². The average molecular weight is 441 g/mol. The van der Waals surface area contributed by atoms with Crippen molar-refractivity contribution in [3.63, 3.8) is 0 Å². The van der Waals surface area contributed by atoms with Crippen LogP contribution in [0.15, 0.2) is 30.5 Å². The summed E-state index contributed by atoms with van der Waals surface area (Å²) >= 11 is 0. The first-order valence-electron chi connectivity index (χ1n) is 10.6. The lowest BCUT2D eigenvalue weighted by molar-refractivity contribution is -0.104. The second kappa shape index (κ2) is 8.62. The summed E-state index contributed by atoms with van der Waals surface area (Å²) in [7, 11) is -1.20. The van der Waals surface area contributed by atoms with E-state index in [-0.39, 0.29) is 5.41 Å². The van der Waals surface area contributed by atoms with Gasteiger partial charge in [0.05, 0.1) is 18.2 Å². The first kappa shape index (κ1) is 23.3. The Balaban J connectivity index is 2.09. The summed E-state index contributed by atoms with van der Waals surface area (Å²) in [5.41, 5.74) is 2.01. The summed E-state index contributed by atoms with van der Waals surface area (Å²) in [4.78, 5) is 4.54. The predicted molar refractivity (Wildman–Crippen MR) is 122 cm³/mol. The van der Waals surface area contributed by atoms with Crippen molar-refractivity contribution in [1.82, 2.24) is 4.98 Å². The lowest BCUT2D eigenvalue weighted by Gasteiger charge is -2.42. The molecule has 6 nitrogen and oxygen atoms in total. The number of aliphatic hydroxyl groups is 1. The topological polar surface area (TPSA) is 84.6 Å². The minimum atomic E-state index is -1.20. The summed E-state index contributed by atoms with van der Waals surface area (Å²) < 4.78 is 18.4. The Morgan fingerprint density at radius 2 is 1.97 bits per heavy atom. The largest absolute Gasteiger partial charge is 0.485 e. The molecule has 3 rings (SSSR count). The Morgan fingerprint density at radius 1 is 1.26 bits per heavy atom. The highest BCUT2D eigenvalue weighted by molar-refractivity contribution is 6.48. The van der Waals surface area contributed by atoms with E-state index in [0.717, 1.165) is 11.1 Å². The van der Waals surface area contributed by atoms with Crippen molar-refractivity contribution in [3.8, 4) is 17.7 Å². The Kier molecular flexibility index (Phi) is 6.47. The third-order valence-electron chi connectivity index (χ3n) is 5.38. The molecule has 2 heterocycles. The number of rotatable bonds is 5. The van der Waals surface area contributed by atoms with Crippen LogP contribution in [0.2, 0.25) is 13.1 Å². The molecule has 2 atom stereocenters. The van der Waals surface area contributed by atoms with Crippen LogP contribution in [0.5, 0.6) is 11.6 Å². The van der Waals surface area contributed by atoms with Crippen molar-refractivity contribution in [2.45, 2.75) is 77.5 Å². The van der Waals surface area contributed by atoms with E-state index in [0.29, 0.717) is 29.4 Å². The summed E-state index contributed by atoms with van der Waals surface area (Å²) in [6, 6.07) is 9.29. The molecule has 7 heteroatoms. The molecule has 0 saturated carbocycles. The maximum Gasteiger partial charge on any atom is 0.218 e. The van der Waals surface area contributed by atoms with E-state index in [1.807, 2.05) is 19.9 Å². The zero-order chi connectivity index (χ0) is 23.0. The van der Waals surface area contributed by atoms with Crippen LogP contribution in [0.4, 0.5) is 0 Å². The molecule has 1 aliphatic heterocycles. The molecule has 1 aromatic carbocycles. The van der Waals surface area contributed by atoms with Gasteiger partial charge in [0.25, 0.3) is 0 Å². The van der Waals surface area contributed by atoms with Gasteiger partial charge in [-0.25, -0.2) is 4.98 Å². The second-order valence-corrected chi connectivity index (χ2v) is 12.2. The minimum absolute atomic E-state index is 0.246. The van der Waals surface area contributed by atoms with Crippen molar-refractivity contribution in [1.29, 1.82) is 5.26 Å². The molecule has 0 bridgehead atoms. The number of fused-ring (bicyclic) bond motifs is 1. The molecule has 0 fully saturated rings. The van der Waals surface area contributed by atoms with Gasteiger partial charge in [-0.3, -0.25) is 0 Å². The third kappa shape index (κ3) is 4.92. The number of pyridine rings is 1. The van der Waals surface area contributed by atoms with E-state index < -0.39 is 26.8 Å². The van der Waals surface area contributed by atoms with Crippen LogP contribution in [0.3, 0.4) is 0 Å². The fraction of sp³-hybridized carbons (Fsp3) is 0.500. The molecule has 0 spiro atoms. The van der Waals surface area contributed by atoms with Gasteiger partial charge in [-0.15, -0.1) is 0 Å². The number of benzene rings is 1. The normalized spacial score (nSPS) is 20.0. The first-order valence-corrected chi connectivity index (χ1v) is 13.4. The van der Waals surface area contributed by atoms with Crippen molar-refractivity contribution in [2.24, 2.45) is 0 Å². The molecule has 1 aromatic heterocycles. The molecule has 0 radical (unpaired) electrons. The number of hydrogen-bond donors (Lipinski definition) is 1. The molecular weight excluding hydrogens is 408 g/mol. The Morgan fingerprint density at radius 3 is 2.58 bits per heavy atom. The van der Waals surface area contributed by atoms with Gasteiger partial charge in [0.15, 0.2) is 15.1 Å². The van der Waals surface area contributed by atoms with Gasteiger partial charge in [-0.05, 0) is 62.2 Å². The van der Waals surface area contributed by atoms with Crippen LogP contribution in [0, 0.1) is 11.3 Å². The standard InChI is InChI=1S/C24H32N2O4Si/c1-23(2,3)19-16(14-28-31(6)7)10-11-26-22(19)29-20-17-12-15(13-25)8-9-18(17)30-24(4,5)21(20)27/h8-12,20-21,27,31H,14H2,1-7H3/t20-,21+/m0/s1. The van der Waals surface area contributed by atoms with Crippen LogP contribution >= 0.6 is 0 Å². The summed E-state index contributed by atoms with van der Waals surface area (Å²) in [6.45, 7) is 14.8. The molecule has 0 amide bonds. The average Bonchev–Trinajstić information content (AvgIpc) is 2.68. The number of nitrogens with zero attached hydrogens (tertiary/aromatic N) is 2. The van der Waals surface area contributed by atoms with E-state index in [9.17, 15) is 10.4 Å². The monoisotopic (exact) mass is 440 g/mol. The zero-order valence-corrected chi connectivity index (χ0v) is 20.5. The van der Waals surface area contributed by atoms with Gasteiger partial charge in [0.2, 0.25) is 5.88 Å². The quantitative estimate of drug-likeness (QED) is 0.694. The lowest BCUT2D eigenvalue weighted by atomic mass is 9.84. The highest BCUT2D eigenvalue weighted by atomic mass is 28.3. The second-order valence-electron chi connectivity index (χ2n) is 9.81. The van der Waals surface area contributed by atoms with Gasteiger partial charge in [0.1, 0.15) is 17.5 Å². The molecule has 0 unspecified atom stereocenters. The van der Waals surface area contributed by atoms with Crippen LogP contribution < -0.4 is 9.47 Å². The first-order chi connectivity index (χ1) is 14.4. The molecule has 166 valence electrons. The number of aromatic nitrogens is 1. The van der Waals surface area contributed by atoms with Gasteiger partial charge in [-0.2, -0.15) is 5.26 Å². The minimum Gasteiger partial charge on any atom is -0.485 e. The maximum absolute atomic E-state index is 11.1. The number of ether oxygens (including phenoxy) is 2. The summed E-state index contributed by atoms with van der Waals surface area (Å²) in [6.07, 6.45) is 0.0389. The van der Waals surface area contributed by atoms with E-state index in [2.05, 4.69) is 44.9 Å². The molecule has 1 N–H and O–H groups in total. The van der Waals surface area contributed by atoms with E-state index in [1.54, 1.807) is 24.4 Å². The van der Waals surface area contributed by atoms with Gasteiger partial charge >= 0.3 is 0 Å². The van der Waals surface area contributed by atoms with Gasteiger partial charge < -0.3 is 19.0 Å². The van der Waals surface area contributed by atoms with E-state index in [4.69, 9.17) is 13.9 Å². The third-order valence-corrected chi connectivity index (χ3v) is 6.21. The molecule has 1 aliphatic rings. The highest BCUT2D eigenvalue weighted by Crippen LogP contribution is 2.44. The van der Waals surface area contributed by atoms with Crippen molar-refractivity contribution >= 4 is 9.04 Å². The molecule has 2 aromatic rings. The van der Waals surface area contributed by atoms with Crippen LogP contribution in [-0.4, -0.2) is 30.8 Å². The van der Waals surface area contributed by atoms with Gasteiger partial charge in [-0.1, -0.05) is 20.8 Å². The van der Waals surface area contributed by atoms with Crippen molar-refractivity contribution < 1.29 is 19.0 Å². The summed E-state index contributed by atoms with van der Waals surface area (Å²) in [5, 5.41) is 20.5. The Bertz CT molecular complexity index is 992. The predicted octanol–water partition coefficient (Wildman–Crippen LogP) is 4.40. The zero-order valence-electron chi connectivity index (χ0n) is 19.4. The molecular formula is C24H32N2O4Si. The fourth-order valence-electron chi connectivity index (χ4n) is 3.81. The van der Waals surface area contributed by atoms with Crippen LogP contribution in [-0.2, 0) is 16.4 Å².